The van der Waals surface area contributed by atoms with Crippen LogP contribution < -0.4 is 16.0 Å². The van der Waals surface area contributed by atoms with Crippen LogP contribution in [0, 0.1) is 0 Å². The summed E-state index contributed by atoms with van der Waals surface area (Å²) in [5.41, 5.74) is 10.8. The van der Waals surface area contributed by atoms with Crippen molar-refractivity contribution in [2.45, 2.75) is 19.9 Å². The van der Waals surface area contributed by atoms with E-state index in [9.17, 15) is 4.79 Å². The highest BCUT2D eigenvalue weighted by atomic mass is 32.1. The molecule has 3 heterocycles. The van der Waals surface area contributed by atoms with Crippen molar-refractivity contribution >= 4 is 17.0 Å². The molecule has 1 aromatic carbocycles. The maximum atomic E-state index is 13.4. The van der Waals surface area contributed by atoms with Crippen molar-refractivity contribution in [3.05, 3.63) is 81.8 Å². The zero-order valence-electron chi connectivity index (χ0n) is 16.8. The van der Waals surface area contributed by atoms with Crippen molar-refractivity contribution in [3.8, 4) is 27.6 Å². The third kappa shape index (κ3) is 3.84. The lowest BCUT2D eigenvalue weighted by molar-refractivity contribution is 0.414. The third-order valence-electron chi connectivity index (χ3n) is 4.98. The SMILES string of the molecule is CCc1c(N)cc(-c2csc(-c3ccncc3)n2)c(=O)n1Cc1ccc(OC)cc1. The third-order valence-corrected chi connectivity index (χ3v) is 5.87. The molecule has 0 saturated carbocycles. The summed E-state index contributed by atoms with van der Waals surface area (Å²) >= 11 is 1.49. The van der Waals surface area contributed by atoms with Gasteiger partial charge in [0.15, 0.2) is 0 Å². The lowest BCUT2D eigenvalue weighted by Crippen LogP contribution is -2.26. The van der Waals surface area contributed by atoms with Gasteiger partial charge in [-0.2, -0.15) is 0 Å². The number of pyridine rings is 2. The molecule has 0 bridgehead atoms. The molecule has 152 valence electrons. The summed E-state index contributed by atoms with van der Waals surface area (Å²) in [6.45, 7) is 2.44. The van der Waals surface area contributed by atoms with Gasteiger partial charge >= 0.3 is 0 Å². The van der Waals surface area contributed by atoms with Crippen LogP contribution in [0.15, 0.2) is 65.0 Å². The van der Waals surface area contributed by atoms with Crippen LogP contribution >= 0.6 is 11.3 Å². The smallest absolute Gasteiger partial charge is 0.260 e. The Labute approximate surface area is 178 Å². The molecule has 0 aliphatic heterocycles. The average molecular weight is 419 g/mol. The summed E-state index contributed by atoms with van der Waals surface area (Å²) < 4.78 is 6.97. The number of anilines is 1. The number of ether oxygens (including phenoxy) is 1. The van der Waals surface area contributed by atoms with Gasteiger partial charge in [-0.3, -0.25) is 9.78 Å². The van der Waals surface area contributed by atoms with E-state index >= 15 is 0 Å². The van der Waals surface area contributed by atoms with Gasteiger partial charge in [0.05, 0.1) is 30.6 Å². The second kappa shape index (κ2) is 8.51. The predicted octanol–water partition coefficient (Wildman–Crippen LogP) is 4.24. The first-order valence-electron chi connectivity index (χ1n) is 9.62. The second-order valence-corrected chi connectivity index (χ2v) is 7.68. The first-order valence-corrected chi connectivity index (χ1v) is 10.5. The van der Waals surface area contributed by atoms with E-state index in [2.05, 4.69) is 9.97 Å². The number of nitrogens with two attached hydrogens (primary N) is 1. The number of rotatable bonds is 6. The van der Waals surface area contributed by atoms with E-state index < -0.39 is 0 Å². The van der Waals surface area contributed by atoms with Gasteiger partial charge in [0.1, 0.15) is 10.8 Å². The van der Waals surface area contributed by atoms with E-state index in [1.807, 2.05) is 48.7 Å². The number of hydrogen-bond acceptors (Lipinski definition) is 6. The van der Waals surface area contributed by atoms with E-state index in [4.69, 9.17) is 10.5 Å². The Balaban J connectivity index is 1.76. The Morgan fingerprint density at radius 2 is 1.87 bits per heavy atom. The molecule has 30 heavy (non-hydrogen) atoms. The lowest BCUT2D eigenvalue weighted by atomic mass is 10.1. The van der Waals surface area contributed by atoms with Crippen molar-refractivity contribution in [2.75, 3.05) is 12.8 Å². The zero-order valence-corrected chi connectivity index (χ0v) is 17.6. The van der Waals surface area contributed by atoms with Crippen LogP contribution in [0.4, 0.5) is 5.69 Å². The zero-order chi connectivity index (χ0) is 21.1. The normalized spacial score (nSPS) is 10.9. The van der Waals surface area contributed by atoms with Crippen LogP contribution in [0.1, 0.15) is 18.2 Å². The van der Waals surface area contributed by atoms with Crippen LogP contribution in [-0.4, -0.2) is 21.6 Å². The van der Waals surface area contributed by atoms with E-state index in [1.165, 1.54) is 11.3 Å². The highest BCUT2D eigenvalue weighted by molar-refractivity contribution is 7.13. The molecule has 0 radical (unpaired) electrons. The number of benzene rings is 1. The molecule has 7 heteroatoms. The van der Waals surface area contributed by atoms with Crippen molar-refractivity contribution in [2.24, 2.45) is 0 Å². The molecule has 6 nitrogen and oxygen atoms in total. The molecule has 0 fully saturated rings. The standard InChI is InChI=1S/C23H22N4O2S/c1-3-21-19(24)12-18(20-14-30-22(26-20)16-8-10-25-11-9-16)23(28)27(21)13-15-4-6-17(29-2)7-5-15/h4-12,14H,3,13,24H2,1-2H3. The van der Waals surface area contributed by atoms with Gasteiger partial charge in [0.25, 0.3) is 5.56 Å². The maximum Gasteiger partial charge on any atom is 0.260 e. The van der Waals surface area contributed by atoms with Gasteiger partial charge in [0.2, 0.25) is 0 Å². The number of thiazole rings is 1. The Kier molecular flexibility index (Phi) is 5.63. The average Bonchev–Trinajstić information content (AvgIpc) is 3.27. The van der Waals surface area contributed by atoms with Crippen molar-refractivity contribution in [3.63, 3.8) is 0 Å². The van der Waals surface area contributed by atoms with Gasteiger partial charge in [-0.15, -0.1) is 11.3 Å². The van der Waals surface area contributed by atoms with Crippen molar-refractivity contribution in [1.82, 2.24) is 14.5 Å². The second-order valence-electron chi connectivity index (χ2n) is 6.83. The molecule has 4 aromatic rings. The number of methoxy groups -OCH3 is 1. The van der Waals surface area contributed by atoms with E-state index in [-0.39, 0.29) is 5.56 Å². The first-order chi connectivity index (χ1) is 14.6. The summed E-state index contributed by atoms with van der Waals surface area (Å²) in [5.74, 6) is 0.779. The van der Waals surface area contributed by atoms with Gasteiger partial charge in [-0.1, -0.05) is 19.1 Å². The van der Waals surface area contributed by atoms with Crippen LogP contribution in [-0.2, 0) is 13.0 Å². The lowest BCUT2D eigenvalue weighted by Gasteiger charge is -2.16. The molecule has 0 amide bonds. The van der Waals surface area contributed by atoms with E-state index in [1.54, 1.807) is 30.1 Å². The fraction of sp³-hybridized carbons (Fsp3) is 0.174. The number of nitrogens with zero attached hydrogens (tertiary/aromatic N) is 3. The van der Waals surface area contributed by atoms with Gasteiger partial charge in [0, 0.05) is 29.0 Å². The summed E-state index contributed by atoms with van der Waals surface area (Å²) in [4.78, 5) is 22.1. The van der Waals surface area contributed by atoms with Gasteiger partial charge in [-0.05, 0) is 42.3 Å². The largest absolute Gasteiger partial charge is 0.497 e. The first kappa shape index (κ1) is 19.8. The molecule has 0 saturated heterocycles. The molecule has 4 rings (SSSR count). The van der Waals surface area contributed by atoms with Gasteiger partial charge < -0.3 is 15.0 Å². The number of aromatic nitrogens is 3. The molecular weight excluding hydrogens is 396 g/mol. The van der Waals surface area contributed by atoms with Crippen LogP contribution in [0.5, 0.6) is 5.75 Å². The number of nitrogen functional groups attached to an aromatic ring is 1. The van der Waals surface area contributed by atoms with Crippen molar-refractivity contribution in [1.29, 1.82) is 0 Å². The van der Waals surface area contributed by atoms with E-state index in [0.29, 0.717) is 29.9 Å². The summed E-state index contributed by atoms with van der Waals surface area (Å²) in [5, 5.41) is 2.74. The Morgan fingerprint density at radius 3 is 2.53 bits per heavy atom. The summed E-state index contributed by atoms with van der Waals surface area (Å²) in [6, 6.07) is 13.2. The molecule has 0 aliphatic rings. The topological polar surface area (TPSA) is 83.0 Å². The molecule has 3 aromatic heterocycles. The minimum Gasteiger partial charge on any atom is -0.497 e. The summed E-state index contributed by atoms with van der Waals surface area (Å²) in [7, 11) is 1.63. The van der Waals surface area contributed by atoms with E-state index in [0.717, 1.165) is 27.6 Å². The molecule has 0 unspecified atom stereocenters. The maximum absolute atomic E-state index is 13.4. The van der Waals surface area contributed by atoms with Crippen LogP contribution in [0.3, 0.4) is 0 Å². The van der Waals surface area contributed by atoms with Crippen molar-refractivity contribution < 1.29 is 4.74 Å². The molecule has 2 N–H and O–H groups in total. The Bertz CT molecular complexity index is 1210. The van der Waals surface area contributed by atoms with Crippen LogP contribution in [0.25, 0.3) is 21.8 Å². The van der Waals surface area contributed by atoms with Gasteiger partial charge in [-0.25, -0.2) is 4.98 Å². The monoisotopic (exact) mass is 418 g/mol. The highest BCUT2D eigenvalue weighted by Crippen LogP contribution is 2.28. The molecule has 0 atom stereocenters. The highest BCUT2D eigenvalue weighted by Gasteiger charge is 2.16. The predicted molar refractivity (Wildman–Crippen MR) is 121 cm³/mol. The quantitative estimate of drug-likeness (QED) is 0.506. The minimum absolute atomic E-state index is 0.0940. The Morgan fingerprint density at radius 1 is 1.13 bits per heavy atom. The molecule has 0 spiro atoms. The summed E-state index contributed by atoms with van der Waals surface area (Å²) in [6.07, 6.45) is 4.12. The molecule has 0 aliphatic carbocycles. The fourth-order valence-corrected chi connectivity index (χ4v) is 4.23. The number of hydrogen-bond donors (Lipinski definition) is 1. The van der Waals surface area contributed by atoms with Crippen LogP contribution in [0.2, 0.25) is 0 Å². The fourth-order valence-electron chi connectivity index (χ4n) is 3.41. The Hall–Kier alpha value is -3.45. The molecular formula is C23H22N4O2S. The minimum atomic E-state index is -0.0940.